The van der Waals surface area contributed by atoms with Crippen molar-refractivity contribution in [2.75, 3.05) is 11.9 Å². The molecule has 7 heteroatoms. The molecule has 1 aliphatic heterocycles. The molecule has 1 aromatic carbocycles. The van der Waals surface area contributed by atoms with E-state index < -0.39 is 11.8 Å². The molecule has 0 saturated heterocycles. The predicted molar refractivity (Wildman–Crippen MR) is 109 cm³/mol. The summed E-state index contributed by atoms with van der Waals surface area (Å²) in [6, 6.07) is 11.2. The molecule has 0 spiro atoms. The van der Waals surface area contributed by atoms with Crippen LogP contribution in [0.15, 0.2) is 66.0 Å². The summed E-state index contributed by atoms with van der Waals surface area (Å²) in [5, 5.41) is 3.85. The Morgan fingerprint density at radius 3 is 2.83 bits per heavy atom. The van der Waals surface area contributed by atoms with Gasteiger partial charge >= 0.3 is 5.97 Å². The highest BCUT2D eigenvalue weighted by atomic mass is 16.5. The monoisotopic (exact) mass is 389 g/mol. The number of allylic oxidation sites excluding steroid dienone is 1. The number of Topliss-reactive ketones (excluding diaryl/α,β-unsaturated/α-hetero) is 1. The maximum atomic E-state index is 12.9. The second-order valence-electron chi connectivity index (χ2n) is 6.50. The molecule has 3 aromatic rings. The number of anilines is 1. The van der Waals surface area contributed by atoms with Gasteiger partial charge in [0.05, 0.1) is 6.61 Å². The number of nitrogens with one attached hydrogen (secondary N) is 2. The van der Waals surface area contributed by atoms with Crippen molar-refractivity contribution in [2.24, 2.45) is 0 Å². The van der Waals surface area contributed by atoms with E-state index in [2.05, 4.69) is 15.3 Å². The third kappa shape index (κ3) is 3.62. The number of aryl methyl sites for hydroxylation is 1. The molecule has 0 atom stereocenters. The van der Waals surface area contributed by atoms with Crippen molar-refractivity contribution in [1.82, 2.24) is 9.97 Å². The summed E-state index contributed by atoms with van der Waals surface area (Å²) in [7, 11) is 0. The standard InChI is InChI=1S/C22H19N3O4/c1-3-28-22(27)18-19(26)17(11-14-12-24-20-16(14)5-4-10-23-20)29-21(18)25-15-8-6-13(2)7-9-15/h4-12,25H,3H2,1-2H3,(H,23,24)/b17-11-. The molecule has 0 fully saturated rings. The quantitative estimate of drug-likeness (QED) is 0.393. The minimum Gasteiger partial charge on any atom is -0.462 e. The summed E-state index contributed by atoms with van der Waals surface area (Å²) in [5.41, 5.74) is 3.05. The van der Waals surface area contributed by atoms with Gasteiger partial charge in [-0.15, -0.1) is 0 Å². The van der Waals surface area contributed by atoms with E-state index in [1.807, 2.05) is 43.3 Å². The highest BCUT2D eigenvalue weighted by Crippen LogP contribution is 2.30. The number of benzene rings is 1. The van der Waals surface area contributed by atoms with E-state index in [0.29, 0.717) is 11.3 Å². The summed E-state index contributed by atoms with van der Waals surface area (Å²) in [6.07, 6.45) is 5.00. The second-order valence-corrected chi connectivity index (χ2v) is 6.50. The SMILES string of the molecule is CCOC(=O)C1=C(Nc2ccc(C)cc2)O/C(=C\c2c[nH]c3ncccc23)C1=O. The number of ether oxygens (including phenoxy) is 2. The number of ketones is 1. The third-order valence-electron chi connectivity index (χ3n) is 4.45. The third-order valence-corrected chi connectivity index (χ3v) is 4.45. The first-order chi connectivity index (χ1) is 14.1. The van der Waals surface area contributed by atoms with Crippen LogP contribution in [0, 0.1) is 6.92 Å². The highest BCUT2D eigenvalue weighted by Gasteiger charge is 2.37. The Balaban J connectivity index is 1.70. The Labute approximate surface area is 167 Å². The Hall–Kier alpha value is -3.87. The van der Waals surface area contributed by atoms with Crippen LogP contribution in [0.2, 0.25) is 0 Å². The lowest BCUT2D eigenvalue weighted by Crippen LogP contribution is -2.16. The van der Waals surface area contributed by atoms with Gasteiger partial charge in [0, 0.05) is 29.0 Å². The van der Waals surface area contributed by atoms with Gasteiger partial charge in [0.15, 0.2) is 11.3 Å². The number of pyridine rings is 1. The van der Waals surface area contributed by atoms with E-state index in [0.717, 1.165) is 16.5 Å². The van der Waals surface area contributed by atoms with Crippen LogP contribution in [0.3, 0.4) is 0 Å². The fourth-order valence-electron chi connectivity index (χ4n) is 3.01. The van der Waals surface area contributed by atoms with Crippen molar-refractivity contribution in [3.05, 3.63) is 77.1 Å². The van der Waals surface area contributed by atoms with E-state index in [1.165, 1.54) is 0 Å². The molecule has 0 bridgehead atoms. The molecule has 4 rings (SSSR count). The van der Waals surface area contributed by atoms with Crippen molar-refractivity contribution >= 4 is 34.5 Å². The van der Waals surface area contributed by atoms with E-state index in [4.69, 9.17) is 9.47 Å². The summed E-state index contributed by atoms with van der Waals surface area (Å²) in [5.74, 6) is -1.17. The molecule has 0 amide bonds. The molecule has 1 aliphatic rings. The lowest BCUT2D eigenvalue weighted by molar-refractivity contribution is -0.139. The minimum absolute atomic E-state index is 0.0346. The van der Waals surface area contributed by atoms with E-state index in [-0.39, 0.29) is 23.8 Å². The lowest BCUT2D eigenvalue weighted by atomic mass is 10.1. The molecule has 29 heavy (non-hydrogen) atoms. The second kappa shape index (κ2) is 7.63. The number of carbonyl (C=O) groups excluding carboxylic acids is 2. The van der Waals surface area contributed by atoms with Gasteiger partial charge in [-0.05, 0) is 44.2 Å². The number of esters is 1. The Morgan fingerprint density at radius 2 is 2.07 bits per heavy atom. The predicted octanol–water partition coefficient (Wildman–Crippen LogP) is 3.70. The molecule has 3 heterocycles. The van der Waals surface area contributed by atoms with Crippen LogP contribution in [0.4, 0.5) is 5.69 Å². The smallest absolute Gasteiger partial charge is 0.347 e. The maximum absolute atomic E-state index is 12.9. The molecule has 0 aliphatic carbocycles. The summed E-state index contributed by atoms with van der Waals surface area (Å²) in [4.78, 5) is 32.6. The minimum atomic E-state index is -0.726. The number of rotatable bonds is 5. The summed E-state index contributed by atoms with van der Waals surface area (Å²) >= 11 is 0. The van der Waals surface area contributed by atoms with Gasteiger partial charge in [-0.25, -0.2) is 9.78 Å². The average Bonchev–Trinajstić information content (AvgIpc) is 3.25. The number of hydrogen-bond acceptors (Lipinski definition) is 6. The van der Waals surface area contributed by atoms with Gasteiger partial charge in [0.1, 0.15) is 5.65 Å². The van der Waals surface area contributed by atoms with Crippen LogP contribution in [-0.2, 0) is 19.1 Å². The number of aromatic amines is 1. The Morgan fingerprint density at radius 1 is 1.28 bits per heavy atom. The number of nitrogens with zero attached hydrogens (tertiary/aromatic N) is 1. The average molecular weight is 389 g/mol. The first-order valence-electron chi connectivity index (χ1n) is 9.18. The van der Waals surface area contributed by atoms with Crippen LogP contribution < -0.4 is 5.32 Å². The molecular weight excluding hydrogens is 370 g/mol. The van der Waals surface area contributed by atoms with E-state index in [9.17, 15) is 9.59 Å². The molecule has 0 radical (unpaired) electrons. The number of H-pyrrole nitrogens is 1. The largest absolute Gasteiger partial charge is 0.462 e. The van der Waals surface area contributed by atoms with Crippen molar-refractivity contribution in [2.45, 2.75) is 13.8 Å². The van der Waals surface area contributed by atoms with E-state index in [1.54, 1.807) is 25.4 Å². The Kier molecular flexibility index (Phi) is 4.87. The van der Waals surface area contributed by atoms with Crippen LogP contribution in [-0.4, -0.2) is 28.3 Å². The first kappa shape index (κ1) is 18.5. The van der Waals surface area contributed by atoms with Gasteiger partial charge in [-0.3, -0.25) is 4.79 Å². The maximum Gasteiger partial charge on any atom is 0.347 e. The van der Waals surface area contributed by atoms with Crippen LogP contribution in [0.1, 0.15) is 18.1 Å². The van der Waals surface area contributed by atoms with Crippen molar-refractivity contribution in [3.63, 3.8) is 0 Å². The van der Waals surface area contributed by atoms with Gasteiger partial charge in [-0.2, -0.15) is 0 Å². The van der Waals surface area contributed by atoms with Gasteiger partial charge in [0.25, 0.3) is 0 Å². The van der Waals surface area contributed by atoms with Gasteiger partial charge in [-0.1, -0.05) is 17.7 Å². The van der Waals surface area contributed by atoms with Crippen molar-refractivity contribution in [1.29, 1.82) is 0 Å². The van der Waals surface area contributed by atoms with Crippen LogP contribution in [0.25, 0.3) is 17.1 Å². The van der Waals surface area contributed by atoms with Crippen LogP contribution in [0.5, 0.6) is 0 Å². The first-order valence-corrected chi connectivity index (χ1v) is 9.18. The molecule has 2 aromatic heterocycles. The number of fused-ring (bicyclic) bond motifs is 1. The molecule has 7 nitrogen and oxygen atoms in total. The van der Waals surface area contributed by atoms with Gasteiger partial charge < -0.3 is 19.8 Å². The number of hydrogen-bond donors (Lipinski definition) is 2. The number of aromatic nitrogens is 2. The van der Waals surface area contributed by atoms with Crippen LogP contribution >= 0.6 is 0 Å². The molecule has 2 N–H and O–H groups in total. The Bertz CT molecular complexity index is 1160. The lowest BCUT2D eigenvalue weighted by Gasteiger charge is -2.09. The van der Waals surface area contributed by atoms with Gasteiger partial charge in [0.2, 0.25) is 11.7 Å². The molecular formula is C22H19N3O4. The zero-order valence-corrected chi connectivity index (χ0v) is 16.0. The molecule has 146 valence electrons. The van der Waals surface area contributed by atoms with Crippen molar-refractivity contribution < 1.29 is 19.1 Å². The summed E-state index contributed by atoms with van der Waals surface area (Å²) < 4.78 is 10.8. The number of carbonyl (C=O) groups is 2. The zero-order valence-electron chi connectivity index (χ0n) is 16.0. The topological polar surface area (TPSA) is 93.3 Å². The zero-order chi connectivity index (χ0) is 20.4. The fraction of sp³-hybridized carbons (Fsp3) is 0.136. The van der Waals surface area contributed by atoms with Crippen molar-refractivity contribution in [3.8, 4) is 0 Å². The normalized spacial score (nSPS) is 15.1. The highest BCUT2D eigenvalue weighted by molar-refractivity contribution is 6.26. The fourth-order valence-corrected chi connectivity index (χ4v) is 3.01. The molecule has 0 saturated carbocycles. The van der Waals surface area contributed by atoms with E-state index >= 15 is 0 Å². The summed E-state index contributed by atoms with van der Waals surface area (Å²) in [6.45, 7) is 3.81. The molecule has 0 unspecified atom stereocenters.